The molecule has 0 aliphatic carbocycles. The monoisotopic (exact) mass is 216 g/mol. The Morgan fingerprint density at radius 3 is 2.85 bits per heavy atom. The third-order valence-electron chi connectivity index (χ3n) is 1.77. The Hall–Kier alpha value is -0.260. The summed E-state index contributed by atoms with van der Waals surface area (Å²) in [6, 6.07) is 8.06. The van der Waals surface area contributed by atoms with E-state index in [4.69, 9.17) is 16.0 Å². The van der Waals surface area contributed by atoms with Gasteiger partial charge >= 0.3 is 0 Å². The van der Waals surface area contributed by atoms with Crippen molar-refractivity contribution in [2.45, 2.75) is 13.3 Å². The molecule has 72 valence electrons. The SMILES string of the molecule is Cc1ccccc1OCCCPCl. The number of rotatable bonds is 5. The van der Waals surface area contributed by atoms with E-state index in [0.717, 1.165) is 24.9 Å². The van der Waals surface area contributed by atoms with Gasteiger partial charge in [-0.3, -0.25) is 0 Å². The minimum absolute atomic E-state index is 0.515. The van der Waals surface area contributed by atoms with E-state index < -0.39 is 0 Å². The summed E-state index contributed by atoms with van der Waals surface area (Å²) in [7, 11) is 0.515. The van der Waals surface area contributed by atoms with Crippen molar-refractivity contribution in [1.82, 2.24) is 0 Å². The number of para-hydroxylation sites is 1. The van der Waals surface area contributed by atoms with Gasteiger partial charge in [0, 0.05) is 0 Å². The van der Waals surface area contributed by atoms with Crippen LogP contribution in [0.2, 0.25) is 0 Å². The second kappa shape index (κ2) is 6.23. The molecule has 1 nitrogen and oxygen atoms in total. The Kier molecular flexibility index (Phi) is 5.19. The topological polar surface area (TPSA) is 9.23 Å². The molecule has 1 rings (SSSR count). The molecule has 0 fully saturated rings. The van der Waals surface area contributed by atoms with Gasteiger partial charge in [-0.1, -0.05) is 18.2 Å². The highest BCUT2D eigenvalue weighted by Gasteiger charge is 1.96. The zero-order valence-corrected chi connectivity index (χ0v) is 9.47. The summed E-state index contributed by atoms with van der Waals surface area (Å²) in [4.78, 5) is 0. The summed E-state index contributed by atoms with van der Waals surface area (Å²) < 4.78 is 5.58. The highest BCUT2D eigenvalue weighted by molar-refractivity contribution is 7.68. The van der Waals surface area contributed by atoms with Crippen molar-refractivity contribution in [3.8, 4) is 5.75 Å². The van der Waals surface area contributed by atoms with Gasteiger partial charge in [0.05, 0.1) is 6.61 Å². The maximum atomic E-state index is 5.59. The predicted molar refractivity (Wildman–Crippen MR) is 60.3 cm³/mol. The molecular weight excluding hydrogens is 203 g/mol. The van der Waals surface area contributed by atoms with Crippen LogP contribution in [0.4, 0.5) is 0 Å². The van der Waals surface area contributed by atoms with Crippen molar-refractivity contribution in [2.24, 2.45) is 0 Å². The quantitative estimate of drug-likeness (QED) is 0.540. The van der Waals surface area contributed by atoms with E-state index in [1.54, 1.807) is 0 Å². The van der Waals surface area contributed by atoms with Crippen LogP contribution < -0.4 is 4.74 Å². The van der Waals surface area contributed by atoms with Gasteiger partial charge in [0.1, 0.15) is 5.75 Å². The normalized spacial score (nSPS) is 10.9. The first kappa shape index (κ1) is 10.8. The zero-order chi connectivity index (χ0) is 9.52. The van der Waals surface area contributed by atoms with Crippen LogP contribution in [0.25, 0.3) is 0 Å². The van der Waals surface area contributed by atoms with Crippen LogP contribution in [0.1, 0.15) is 12.0 Å². The Balaban J connectivity index is 2.32. The Bertz CT molecular complexity index is 252. The fourth-order valence-corrected chi connectivity index (χ4v) is 1.72. The third kappa shape index (κ3) is 3.97. The molecule has 0 spiro atoms. The van der Waals surface area contributed by atoms with Crippen LogP contribution in [0.3, 0.4) is 0 Å². The molecule has 0 aliphatic rings. The summed E-state index contributed by atoms with van der Waals surface area (Å²) >= 11 is 5.59. The Labute approximate surface area is 86.0 Å². The first-order valence-electron chi connectivity index (χ1n) is 4.36. The van der Waals surface area contributed by atoms with Crippen molar-refractivity contribution >= 4 is 19.2 Å². The Morgan fingerprint density at radius 1 is 1.38 bits per heavy atom. The average Bonchev–Trinajstić information content (AvgIpc) is 2.15. The van der Waals surface area contributed by atoms with Gasteiger partial charge in [-0.05, 0) is 39.1 Å². The van der Waals surface area contributed by atoms with Gasteiger partial charge in [-0.2, -0.15) is 0 Å². The highest BCUT2D eigenvalue weighted by Crippen LogP contribution is 2.18. The molecule has 0 aromatic heterocycles. The lowest BCUT2D eigenvalue weighted by molar-refractivity contribution is 0.316. The number of benzene rings is 1. The molecule has 0 saturated carbocycles. The van der Waals surface area contributed by atoms with Crippen molar-refractivity contribution in [3.63, 3.8) is 0 Å². The van der Waals surface area contributed by atoms with Crippen molar-refractivity contribution in [3.05, 3.63) is 29.8 Å². The molecule has 1 aromatic carbocycles. The Morgan fingerprint density at radius 2 is 2.15 bits per heavy atom. The maximum Gasteiger partial charge on any atom is 0.122 e. The van der Waals surface area contributed by atoms with E-state index in [2.05, 4.69) is 13.0 Å². The van der Waals surface area contributed by atoms with Gasteiger partial charge < -0.3 is 4.74 Å². The fraction of sp³-hybridized carbons (Fsp3) is 0.400. The average molecular weight is 217 g/mol. The molecule has 0 heterocycles. The van der Waals surface area contributed by atoms with E-state index in [1.165, 1.54) is 5.56 Å². The number of aryl methyl sites for hydroxylation is 1. The maximum absolute atomic E-state index is 5.59. The number of halogens is 1. The van der Waals surface area contributed by atoms with Crippen LogP contribution in [0, 0.1) is 6.92 Å². The molecule has 1 atom stereocenters. The standard InChI is InChI=1S/C10H14ClOP/c1-9-5-2-3-6-10(9)12-7-4-8-13-11/h2-3,5-6,13H,4,7-8H2,1H3. The first-order chi connectivity index (χ1) is 6.34. The lowest BCUT2D eigenvalue weighted by Crippen LogP contribution is -1.98. The minimum Gasteiger partial charge on any atom is -0.493 e. The molecule has 0 bridgehead atoms. The molecule has 0 N–H and O–H groups in total. The highest BCUT2D eigenvalue weighted by atomic mass is 35.7. The lowest BCUT2D eigenvalue weighted by atomic mass is 10.2. The van der Waals surface area contributed by atoms with E-state index in [0.29, 0.717) is 7.93 Å². The second-order valence-electron chi connectivity index (χ2n) is 2.85. The van der Waals surface area contributed by atoms with E-state index >= 15 is 0 Å². The molecule has 1 unspecified atom stereocenters. The van der Waals surface area contributed by atoms with E-state index in [-0.39, 0.29) is 0 Å². The zero-order valence-electron chi connectivity index (χ0n) is 7.72. The van der Waals surface area contributed by atoms with E-state index in [9.17, 15) is 0 Å². The largest absolute Gasteiger partial charge is 0.493 e. The van der Waals surface area contributed by atoms with Crippen LogP contribution >= 0.6 is 19.2 Å². The molecule has 3 heteroatoms. The van der Waals surface area contributed by atoms with Gasteiger partial charge in [0.15, 0.2) is 0 Å². The number of hydrogen-bond acceptors (Lipinski definition) is 1. The molecule has 0 amide bonds. The van der Waals surface area contributed by atoms with E-state index in [1.807, 2.05) is 18.2 Å². The first-order valence-corrected chi connectivity index (χ1v) is 6.58. The van der Waals surface area contributed by atoms with Gasteiger partial charge in [-0.25, -0.2) is 0 Å². The summed E-state index contributed by atoms with van der Waals surface area (Å²) in [6.45, 7) is 2.82. The summed E-state index contributed by atoms with van der Waals surface area (Å²) in [5, 5.41) is 0. The molecule has 0 aliphatic heterocycles. The number of ether oxygens (including phenoxy) is 1. The molecule has 0 radical (unpaired) electrons. The lowest BCUT2D eigenvalue weighted by Gasteiger charge is -2.07. The van der Waals surface area contributed by atoms with Crippen molar-refractivity contribution in [2.75, 3.05) is 12.8 Å². The molecular formula is C10H14ClOP. The molecule has 13 heavy (non-hydrogen) atoms. The molecule has 1 aromatic rings. The van der Waals surface area contributed by atoms with Gasteiger partial charge in [0.25, 0.3) is 0 Å². The predicted octanol–water partition coefficient (Wildman–Crippen LogP) is 3.60. The van der Waals surface area contributed by atoms with Gasteiger partial charge in [0.2, 0.25) is 0 Å². The van der Waals surface area contributed by atoms with Gasteiger partial charge in [-0.15, -0.1) is 11.2 Å². The van der Waals surface area contributed by atoms with Crippen LogP contribution in [-0.4, -0.2) is 12.8 Å². The summed E-state index contributed by atoms with van der Waals surface area (Å²) in [5.74, 6) is 0.986. The minimum atomic E-state index is 0.515. The second-order valence-corrected chi connectivity index (χ2v) is 4.42. The summed E-state index contributed by atoms with van der Waals surface area (Å²) in [5.41, 5.74) is 1.19. The van der Waals surface area contributed by atoms with Crippen LogP contribution in [-0.2, 0) is 0 Å². The number of hydrogen-bond donors (Lipinski definition) is 0. The van der Waals surface area contributed by atoms with Crippen molar-refractivity contribution in [1.29, 1.82) is 0 Å². The molecule has 0 saturated heterocycles. The van der Waals surface area contributed by atoms with Crippen LogP contribution in [0.5, 0.6) is 5.75 Å². The summed E-state index contributed by atoms with van der Waals surface area (Å²) in [6.07, 6.45) is 2.09. The smallest absolute Gasteiger partial charge is 0.122 e. The van der Waals surface area contributed by atoms with Crippen LogP contribution in [0.15, 0.2) is 24.3 Å². The third-order valence-corrected chi connectivity index (χ3v) is 2.88. The van der Waals surface area contributed by atoms with Crippen molar-refractivity contribution < 1.29 is 4.74 Å². The fourth-order valence-electron chi connectivity index (χ4n) is 1.04.